The van der Waals surface area contributed by atoms with E-state index in [9.17, 15) is 18.0 Å². The summed E-state index contributed by atoms with van der Waals surface area (Å²) in [4.78, 5) is 14.7. The smallest absolute Gasteiger partial charge is 0.380 e. The molecule has 2 aromatic carbocycles. The van der Waals surface area contributed by atoms with Gasteiger partial charge >= 0.3 is 12.2 Å². The van der Waals surface area contributed by atoms with E-state index in [-0.39, 0.29) is 29.4 Å². The van der Waals surface area contributed by atoms with Gasteiger partial charge in [0, 0.05) is 19.3 Å². The second-order valence-electron chi connectivity index (χ2n) is 7.52. The Morgan fingerprint density at radius 3 is 2.57 bits per heavy atom. The predicted octanol–water partition coefficient (Wildman–Crippen LogP) is 5.00. The minimum Gasteiger partial charge on any atom is -0.380 e. The van der Waals surface area contributed by atoms with Gasteiger partial charge in [0.2, 0.25) is 0 Å². The van der Waals surface area contributed by atoms with Crippen molar-refractivity contribution in [2.45, 2.75) is 31.2 Å². The first kappa shape index (κ1) is 18.8. The number of hydrogen-bond donors (Lipinski definition) is 1. The molecule has 0 radical (unpaired) electrons. The lowest BCUT2D eigenvalue weighted by atomic mass is 9.69. The topological polar surface area (TPSA) is 41.6 Å². The number of benzene rings is 2. The SMILES string of the molecule is COCc1ccc(NC(=O)N2CC3CC2(c2ccccc2)C3)cc1C(F)(F)F. The number of hydrogen-bond acceptors (Lipinski definition) is 2. The molecule has 2 amide bonds. The van der Waals surface area contributed by atoms with Crippen LogP contribution in [0.2, 0.25) is 0 Å². The molecule has 2 saturated heterocycles. The highest BCUT2D eigenvalue weighted by Gasteiger charge is 2.58. The normalized spacial score (nSPS) is 23.4. The van der Waals surface area contributed by atoms with Gasteiger partial charge in [-0.15, -0.1) is 0 Å². The maximum absolute atomic E-state index is 13.4. The van der Waals surface area contributed by atoms with Gasteiger partial charge in [0.15, 0.2) is 0 Å². The van der Waals surface area contributed by atoms with Gasteiger partial charge in [-0.1, -0.05) is 36.4 Å². The molecule has 4 nitrogen and oxygen atoms in total. The molecular weight excluding hydrogens is 369 g/mol. The van der Waals surface area contributed by atoms with Crippen LogP contribution in [0.1, 0.15) is 29.5 Å². The van der Waals surface area contributed by atoms with Crippen molar-refractivity contribution < 1.29 is 22.7 Å². The van der Waals surface area contributed by atoms with E-state index in [1.807, 2.05) is 30.3 Å². The Labute approximate surface area is 161 Å². The monoisotopic (exact) mass is 390 g/mol. The number of methoxy groups -OCH3 is 1. The number of ether oxygens (including phenoxy) is 1. The molecule has 0 unspecified atom stereocenters. The van der Waals surface area contributed by atoms with E-state index in [0.717, 1.165) is 24.5 Å². The van der Waals surface area contributed by atoms with E-state index >= 15 is 0 Å². The average Bonchev–Trinajstić information content (AvgIpc) is 3.20. The minimum absolute atomic E-state index is 0.0391. The number of carbonyl (C=O) groups is 1. The molecule has 2 aliphatic heterocycles. The summed E-state index contributed by atoms with van der Waals surface area (Å²) in [6, 6.07) is 13.3. The van der Waals surface area contributed by atoms with Gasteiger partial charge in [0.1, 0.15) is 0 Å². The lowest BCUT2D eigenvalue weighted by molar-refractivity contribution is -0.138. The van der Waals surface area contributed by atoms with Gasteiger partial charge in [0.05, 0.1) is 17.7 Å². The summed E-state index contributed by atoms with van der Waals surface area (Å²) >= 11 is 0. The van der Waals surface area contributed by atoms with Crippen LogP contribution in [0.25, 0.3) is 0 Å². The van der Waals surface area contributed by atoms with Crippen molar-refractivity contribution in [3.63, 3.8) is 0 Å². The van der Waals surface area contributed by atoms with Gasteiger partial charge in [-0.2, -0.15) is 13.2 Å². The van der Waals surface area contributed by atoms with E-state index in [4.69, 9.17) is 4.74 Å². The van der Waals surface area contributed by atoms with Gasteiger partial charge < -0.3 is 15.0 Å². The maximum atomic E-state index is 13.4. The van der Waals surface area contributed by atoms with E-state index in [2.05, 4.69) is 5.32 Å². The molecule has 5 rings (SSSR count). The van der Waals surface area contributed by atoms with Crippen molar-refractivity contribution in [1.29, 1.82) is 0 Å². The van der Waals surface area contributed by atoms with E-state index in [1.54, 1.807) is 4.90 Å². The van der Waals surface area contributed by atoms with Crippen LogP contribution < -0.4 is 5.32 Å². The van der Waals surface area contributed by atoms with Gasteiger partial charge in [0.25, 0.3) is 0 Å². The van der Waals surface area contributed by atoms with Crippen molar-refractivity contribution in [2.24, 2.45) is 5.92 Å². The first-order chi connectivity index (χ1) is 13.3. The lowest BCUT2D eigenvalue weighted by Crippen LogP contribution is -2.47. The third kappa shape index (κ3) is 3.13. The van der Waals surface area contributed by atoms with E-state index in [1.165, 1.54) is 19.2 Å². The number of nitrogens with zero attached hydrogens (tertiary/aromatic N) is 1. The van der Waals surface area contributed by atoms with Crippen molar-refractivity contribution in [3.05, 3.63) is 65.2 Å². The van der Waals surface area contributed by atoms with Crippen molar-refractivity contribution in [2.75, 3.05) is 19.0 Å². The summed E-state index contributed by atoms with van der Waals surface area (Å²) in [5.74, 6) is 0.445. The number of anilines is 1. The number of alkyl halides is 3. The molecule has 1 N–H and O–H groups in total. The molecule has 148 valence electrons. The molecule has 28 heavy (non-hydrogen) atoms. The summed E-state index contributed by atoms with van der Waals surface area (Å²) < 4.78 is 44.9. The Hall–Kier alpha value is -2.54. The first-order valence-electron chi connectivity index (χ1n) is 9.17. The van der Waals surface area contributed by atoms with Gasteiger partial charge in [-0.25, -0.2) is 4.79 Å². The minimum atomic E-state index is -4.52. The highest BCUT2D eigenvalue weighted by Crippen LogP contribution is 2.57. The summed E-state index contributed by atoms with van der Waals surface area (Å²) in [5.41, 5.74) is 0.0985. The van der Waals surface area contributed by atoms with Crippen LogP contribution in [0.3, 0.4) is 0 Å². The number of rotatable bonds is 4. The average molecular weight is 390 g/mol. The highest BCUT2D eigenvalue weighted by atomic mass is 19.4. The van der Waals surface area contributed by atoms with Crippen LogP contribution in [0, 0.1) is 5.92 Å². The van der Waals surface area contributed by atoms with Crippen LogP contribution >= 0.6 is 0 Å². The number of halogens is 3. The second-order valence-corrected chi connectivity index (χ2v) is 7.52. The molecular formula is C21H21F3N2O2. The zero-order chi connectivity index (χ0) is 19.9. The third-order valence-electron chi connectivity index (χ3n) is 5.73. The fourth-order valence-electron chi connectivity index (χ4n) is 4.49. The molecule has 3 aliphatic rings. The molecule has 1 saturated carbocycles. The largest absolute Gasteiger partial charge is 0.416 e. The second kappa shape index (κ2) is 6.81. The molecule has 0 aromatic heterocycles. The van der Waals surface area contributed by atoms with Crippen molar-refractivity contribution in [3.8, 4) is 0 Å². The molecule has 2 aromatic rings. The zero-order valence-electron chi connectivity index (χ0n) is 15.4. The van der Waals surface area contributed by atoms with Crippen molar-refractivity contribution >= 4 is 11.7 Å². The number of urea groups is 1. The Bertz CT molecular complexity index is 877. The van der Waals surface area contributed by atoms with Crippen LogP contribution in [-0.2, 0) is 23.1 Å². The Morgan fingerprint density at radius 2 is 1.93 bits per heavy atom. The number of nitrogens with one attached hydrogen (secondary N) is 1. The first-order valence-corrected chi connectivity index (χ1v) is 9.17. The fraction of sp³-hybridized carbons (Fsp3) is 0.381. The maximum Gasteiger partial charge on any atom is 0.416 e. The van der Waals surface area contributed by atoms with Crippen LogP contribution in [-0.4, -0.2) is 24.6 Å². The summed E-state index contributed by atoms with van der Waals surface area (Å²) in [6.07, 6.45) is -2.73. The summed E-state index contributed by atoms with van der Waals surface area (Å²) in [5, 5.41) is 2.66. The molecule has 7 heteroatoms. The number of fused-ring (bicyclic) bond motifs is 1. The number of amides is 2. The summed E-state index contributed by atoms with van der Waals surface area (Å²) in [7, 11) is 1.35. The van der Waals surface area contributed by atoms with Crippen LogP contribution in [0.5, 0.6) is 0 Å². The van der Waals surface area contributed by atoms with Crippen LogP contribution in [0.15, 0.2) is 48.5 Å². The molecule has 3 fully saturated rings. The van der Waals surface area contributed by atoms with E-state index < -0.39 is 11.7 Å². The zero-order valence-corrected chi connectivity index (χ0v) is 15.4. The highest BCUT2D eigenvalue weighted by molar-refractivity contribution is 5.90. The Kier molecular flexibility index (Phi) is 4.57. The number of carbonyl (C=O) groups excluding carboxylic acids is 1. The van der Waals surface area contributed by atoms with Gasteiger partial charge in [-0.05, 0) is 42.0 Å². The summed E-state index contributed by atoms with van der Waals surface area (Å²) in [6.45, 7) is 0.475. The van der Waals surface area contributed by atoms with Crippen molar-refractivity contribution in [1.82, 2.24) is 4.90 Å². The quantitative estimate of drug-likeness (QED) is 0.798. The molecule has 2 heterocycles. The molecule has 1 aliphatic carbocycles. The Morgan fingerprint density at radius 1 is 1.21 bits per heavy atom. The third-order valence-corrected chi connectivity index (χ3v) is 5.73. The van der Waals surface area contributed by atoms with Gasteiger partial charge in [-0.3, -0.25) is 0 Å². The van der Waals surface area contributed by atoms with E-state index in [0.29, 0.717) is 12.5 Å². The standard InChI is InChI=1S/C21H21F3N2O2/c1-28-13-15-7-8-17(9-18(15)21(22,23)24)25-19(27)26-12-14-10-20(26,11-14)16-5-3-2-4-6-16/h2-9,14H,10-13H2,1H3,(H,25,27). The fourth-order valence-corrected chi connectivity index (χ4v) is 4.49. The lowest BCUT2D eigenvalue weighted by Gasteiger charge is -2.42. The van der Waals surface area contributed by atoms with Crippen LogP contribution in [0.4, 0.5) is 23.7 Å². The molecule has 0 spiro atoms. The molecule has 2 bridgehead atoms. The Balaban J connectivity index is 1.57. The molecule has 0 atom stereocenters. The predicted molar refractivity (Wildman–Crippen MR) is 98.7 cm³/mol.